The smallest absolute Gasteiger partial charge is 0.225 e. The zero-order valence-electron chi connectivity index (χ0n) is 8.16. The predicted molar refractivity (Wildman–Crippen MR) is 49.3 cm³/mol. The van der Waals surface area contributed by atoms with E-state index in [9.17, 15) is 4.79 Å². The lowest BCUT2D eigenvalue weighted by Crippen LogP contribution is -2.40. The van der Waals surface area contributed by atoms with E-state index in [4.69, 9.17) is 4.74 Å². The van der Waals surface area contributed by atoms with E-state index in [-0.39, 0.29) is 5.92 Å². The first kappa shape index (κ1) is 9.00. The minimum atomic E-state index is 0.253. The van der Waals surface area contributed by atoms with Crippen molar-refractivity contribution in [1.29, 1.82) is 0 Å². The summed E-state index contributed by atoms with van der Waals surface area (Å²) in [4.78, 5) is 13.8. The molecule has 0 radical (unpaired) electrons. The van der Waals surface area contributed by atoms with Crippen molar-refractivity contribution in [2.24, 2.45) is 5.92 Å². The van der Waals surface area contributed by atoms with E-state index in [1.807, 2.05) is 6.92 Å². The van der Waals surface area contributed by atoms with Gasteiger partial charge >= 0.3 is 0 Å². The zero-order valence-corrected chi connectivity index (χ0v) is 8.16. The highest BCUT2D eigenvalue weighted by Gasteiger charge is 2.33. The van der Waals surface area contributed by atoms with Gasteiger partial charge in [0.25, 0.3) is 0 Å². The van der Waals surface area contributed by atoms with Crippen LogP contribution in [0.4, 0.5) is 0 Å². The highest BCUT2D eigenvalue weighted by atomic mass is 16.5. The van der Waals surface area contributed by atoms with Crippen LogP contribution in [0.25, 0.3) is 0 Å². The molecule has 0 aromatic rings. The molecule has 2 aliphatic rings. The maximum Gasteiger partial charge on any atom is 0.225 e. The van der Waals surface area contributed by atoms with Crippen LogP contribution in [0.2, 0.25) is 0 Å². The Hall–Kier alpha value is -0.570. The van der Waals surface area contributed by atoms with Crippen molar-refractivity contribution in [1.82, 2.24) is 4.90 Å². The lowest BCUT2D eigenvalue weighted by Gasteiger charge is -2.31. The number of rotatable bonds is 1. The molecule has 0 N–H and O–H groups in total. The third-order valence-corrected chi connectivity index (χ3v) is 3.14. The molecule has 2 fully saturated rings. The minimum absolute atomic E-state index is 0.253. The van der Waals surface area contributed by atoms with Crippen LogP contribution >= 0.6 is 0 Å². The second kappa shape index (κ2) is 3.66. The minimum Gasteiger partial charge on any atom is -0.381 e. The molecule has 13 heavy (non-hydrogen) atoms. The van der Waals surface area contributed by atoms with E-state index in [0.29, 0.717) is 11.9 Å². The normalized spacial score (nSPS) is 31.3. The van der Waals surface area contributed by atoms with Crippen LogP contribution in [0.3, 0.4) is 0 Å². The molecule has 74 valence electrons. The Labute approximate surface area is 79.0 Å². The first-order valence-corrected chi connectivity index (χ1v) is 5.17. The zero-order chi connectivity index (χ0) is 9.26. The van der Waals surface area contributed by atoms with E-state index in [1.54, 1.807) is 0 Å². The lowest BCUT2D eigenvalue weighted by molar-refractivity contribution is -0.134. The average molecular weight is 183 g/mol. The standard InChI is InChI=1S/C10H17NO2/c1-8-2-5-11(10(8)12)9-3-6-13-7-4-9/h8-9H,2-7H2,1H3. The summed E-state index contributed by atoms with van der Waals surface area (Å²) in [5.74, 6) is 0.606. The van der Waals surface area contributed by atoms with Crippen LogP contribution < -0.4 is 0 Å². The van der Waals surface area contributed by atoms with Gasteiger partial charge in [-0.3, -0.25) is 4.79 Å². The highest BCUT2D eigenvalue weighted by molar-refractivity contribution is 5.80. The molecule has 2 saturated heterocycles. The van der Waals surface area contributed by atoms with Crippen LogP contribution in [0.15, 0.2) is 0 Å². The Kier molecular flexibility index (Phi) is 2.54. The molecule has 0 spiro atoms. The molecule has 3 heteroatoms. The maximum absolute atomic E-state index is 11.7. The van der Waals surface area contributed by atoms with Gasteiger partial charge in [-0.25, -0.2) is 0 Å². The van der Waals surface area contributed by atoms with Crippen LogP contribution in [0, 0.1) is 5.92 Å². The van der Waals surface area contributed by atoms with Gasteiger partial charge in [0.2, 0.25) is 5.91 Å². The van der Waals surface area contributed by atoms with Crippen molar-refractivity contribution in [2.75, 3.05) is 19.8 Å². The van der Waals surface area contributed by atoms with Crippen molar-refractivity contribution >= 4 is 5.91 Å². The van der Waals surface area contributed by atoms with Gasteiger partial charge in [0, 0.05) is 31.7 Å². The Morgan fingerprint density at radius 2 is 2.00 bits per heavy atom. The van der Waals surface area contributed by atoms with Gasteiger partial charge in [-0.05, 0) is 19.3 Å². The molecule has 2 heterocycles. The Bertz CT molecular complexity index is 199. The maximum atomic E-state index is 11.7. The number of hydrogen-bond donors (Lipinski definition) is 0. The molecule has 1 atom stereocenters. The summed E-state index contributed by atoms with van der Waals surface area (Å²) >= 11 is 0. The van der Waals surface area contributed by atoms with Crippen molar-refractivity contribution in [3.8, 4) is 0 Å². The van der Waals surface area contributed by atoms with Crippen LogP contribution in [-0.2, 0) is 9.53 Å². The summed E-state index contributed by atoms with van der Waals surface area (Å²) in [6, 6.07) is 0.464. The number of likely N-dealkylation sites (tertiary alicyclic amines) is 1. The van der Waals surface area contributed by atoms with Crippen LogP contribution in [-0.4, -0.2) is 36.6 Å². The highest BCUT2D eigenvalue weighted by Crippen LogP contribution is 2.24. The lowest BCUT2D eigenvalue weighted by atomic mass is 10.1. The molecule has 1 unspecified atom stereocenters. The molecule has 0 aromatic carbocycles. The number of carbonyl (C=O) groups excluding carboxylic acids is 1. The van der Waals surface area contributed by atoms with Gasteiger partial charge in [-0.1, -0.05) is 6.92 Å². The SMILES string of the molecule is CC1CCN(C2CCOCC2)C1=O. The van der Waals surface area contributed by atoms with Gasteiger partial charge < -0.3 is 9.64 Å². The fraction of sp³-hybridized carbons (Fsp3) is 0.900. The predicted octanol–water partition coefficient (Wildman–Crippen LogP) is 1.03. The van der Waals surface area contributed by atoms with Crippen molar-refractivity contribution < 1.29 is 9.53 Å². The Balaban J connectivity index is 1.96. The molecule has 0 saturated carbocycles. The van der Waals surface area contributed by atoms with Crippen molar-refractivity contribution in [3.05, 3.63) is 0 Å². The van der Waals surface area contributed by atoms with Gasteiger partial charge in [0.15, 0.2) is 0 Å². The van der Waals surface area contributed by atoms with E-state index in [1.165, 1.54) is 0 Å². The fourth-order valence-corrected chi connectivity index (χ4v) is 2.21. The molecule has 0 aromatic heterocycles. The molecule has 0 aliphatic carbocycles. The summed E-state index contributed by atoms with van der Waals surface area (Å²) in [5, 5.41) is 0. The number of hydrogen-bond acceptors (Lipinski definition) is 2. The molecule has 1 amide bonds. The van der Waals surface area contributed by atoms with E-state index in [0.717, 1.165) is 39.0 Å². The average Bonchev–Trinajstić information content (AvgIpc) is 2.49. The third-order valence-electron chi connectivity index (χ3n) is 3.14. The quantitative estimate of drug-likeness (QED) is 0.607. The first-order valence-electron chi connectivity index (χ1n) is 5.17. The molecule has 2 aliphatic heterocycles. The molecule has 2 rings (SSSR count). The summed E-state index contributed by atoms with van der Waals surface area (Å²) in [5.41, 5.74) is 0. The second-order valence-corrected chi connectivity index (χ2v) is 4.06. The van der Waals surface area contributed by atoms with E-state index >= 15 is 0 Å². The van der Waals surface area contributed by atoms with E-state index in [2.05, 4.69) is 4.90 Å². The molecular formula is C10H17NO2. The fourth-order valence-electron chi connectivity index (χ4n) is 2.21. The summed E-state index contributed by atoms with van der Waals surface area (Å²) in [7, 11) is 0. The van der Waals surface area contributed by atoms with Gasteiger partial charge in [-0.2, -0.15) is 0 Å². The number of amides is 1. The Morgan fingerprint density at radius 1 is 1.31 bits per heavy atom. The van der Waals surface area contributed by atoms with Crippen LogP contribution in [0.1, 0.15) is 26.2 Å². The second-order valence-electron chi connectivity index (χ2n) is 4.06. The summed E-state index contributed by atoms with van der Waals surface area (Å²) in [6.45, 7) is 4.64. The summed E-state index contributed by atoms with van der Waals surface area (Å²) < 4.78 is 5.28. The van der Waals surface area contributed by atoms with Gasteiger partial charge in [0.1, 0.15) is 0 Å². The van der Waals surface area contributed by atoms with Crippen LogP contribution in [0.5, 0.6) is 0 Å². The van der Waals surface area contributed by atoms with Gasteiger partial charge in [-0.15, -0.1) is 0 Å². The molecule has 3 nitrogen and oxygen atoms in total. The van der Waals surface area contributed by atoms with E-state index < -0.39 is 0 Å². The first-order chi connectivity index (χ1) is 6.29. The number of carbonyl (C=O) groups is 1. The molecule has 0 bridgehead atoms. The third kappa shape index (κ3) is 1.70. The largest absolute Gasteiger partial charge is 0.381 e. The topological polar surface area (TPSA) is 29.5 Å². The van der Waals surface area contributed by atoms with Crippen molar-refractivity contribution in [3.63, 3.8) is 0 Å². The van der Waals surface area contributed by atoms with Gasteiger partial charge in [0.05, 0.1) is 0 Å². The number of ether oxygens (including phenoxy) is 1. The Morgan fingerprint density at radius 3 is 2.54 bits per heavy atom. The monoisotopic (exact) mass is 183 g/mol. The number of nitrogens with zero attached hydrogens (tertiary/aromatic N) is 1. The summed E-state index contributed by atoms with van der Waals surface area (Å²) in [6.07, 6.45) is 3.09. The molecular weight excluding hydrogens is 166 g/mol. The van der Waals surface area contributed by atoms with Crippen molar-refractivity contribution in [2.45, 2.75) is 32.2 Å².